The molecule has 0 rings (SSSR count). The molecule has 0 aliphatic carbocycles. The van der Waals surface area contributed by atoms with Gasteiger partial charge < -0.3 is 10.2 Å². The largest absolute Gasteiger partial charge is 0.317 e. The Kier molecular flexibility index (Phi) is 11.3. The summed E-state index contributed by atoms with van der Waals surface area (Å²) in [4.78, 5) is 2.01. The minimum Gasteiger partial charge on any atom is -0.317 e. The second-order valence-corrected chi connectivity index (χ2v) is 7.67. The minimum absolute atomic E-state index is 0.543. The Morgan fingerprint density at radius 2 is 1.52 bits per heavy atom. The Hall–Kier alpha value is -0.210. The Bertz CT molecular complexity index is 347. The smallest absolute Gasteiger partial charge is 0.281 e. The monoisotopic (exact) mass is 322 g/mol. The fourth-order valence-corrected chi connectivity index (χ4v) is 3.42. The lowest BCUT2D eigenvalue weighted by Gasteiger charge is -2.28. The van der Waals surface area contributed by atoms with Gasteiger partial charge in [0.25, 0.3) is 10.2 Å². The van der Waals surface area contributed by atoms with E-state index in [9.17, 15) is 8.42 Å². The molecule has 0 aromatic rings. The van der Waals surface area contributed by atoms with Gasteiger partial charge in [-0.15, -0.1) is 0 Å². The van der Waals surface area contributed by atoms with Crippen molar-refractivity contribution in [1.29, 1.82) is 0 Å². The maximum Gasteiger partial charge on any atom is 0.281 e. The Morgan fingerprint density at radius 3 is 2.05 bits per heavy atom. The summed E-state index contributed by atoms with van der Waals surface area (Å²) in [6, 6.07) is 0. The lowest BCUT2D eigenvalue weighted by atomic mass is 10.4. The van der Waals surface area contributed by atoms with Crippen LogP contribution in [0.1, 0.15) is 33.1 Å². The molecule has 21 heavy (non-hydrogen) atoms. The van der Waals surface area contributed by atoms with Gasteiger partial charge in [-0.05, 0) is 46.4 Å². The SMILES string of the molecule is CCCNCCCN(C)S(=O)(=O)N(CCC)CCN(C)C. The average Bonchev–Trinajstić information content (AvgIpc) is 2.42. The molecule has 0 saturated carbocycles. The fourth-order valence-electron chi connectivity index (χ4n) is 1.94. The molecule has 0 heterocycles. The molecule has 0 spiro atoms. The van der Waals surface area contributed by atoms with Crippen molar-refractivity contribution in [1.82, 2.24) is 18.8 Å². The number of nitrogens with zero attached hydrogens (tertiary/aromatic N) is 3. The zero-order valence-electron chi connectivity index (χ0n) is 14.4. The summed E-state index contributed by atoms with van der Waals surface area (Å²) in [5, 5.41) is 3.29. The molecule has 6 nitrogen and oxygen atoms in total. The van der Waals surface area contributed by atoms with E-state index in [4.69, 9.17) is 0 Å². The molecule has 0 atom stereocenters. The number of nitrogens with one attached hydrogen (secondary N) is 1. The van der Waals surface area contributed by atoms with Gasteiger partial charge in [-0.25, -0.2) is 0 Å². The van der Waals surface area contributed by atoms with Crippen molar-refractivity contribution in [2.45, 2.75) is 33.1 Å². The lowest BCUT2D eigenvalue weighted by Crippen LogP contribution is -2.45. The topological polar surface area (TPSA) is 55.9 Å². The van der Waals surface area contributed by atoms with Crippen molar-refractivity contribution in [3.8, 4) is 0 Å². The average molecular weight is 323 g/mol. The molecule has 0 aliphatic heterocycles. The summed E-state index contributed by atoms with van der Waals surface area (Å²) in [5.74, 6) is 0. The van der Waals surface area contributed by atoms with Gasteiger partial charge in [0.15, 0.2) is 0 Å². The first kappa shape index (κ1) is 20.8. The van der Waals surface area contributed by atoms with Crippen molar-refractivity contribution in [2.24, 2.45) is 0 Å². The van der Waals surface area contributed by atoms with Gasteiger partial charge in [0.05, 0.1) is 0 Å². The molecule has 0 bridgehead atoms. The number of rotatable bonds is 13. The Labute approximate surface area is 131 Å². The standard InChI is InChI=1S/C14H34N4O2S/c1-6-9-15-10-8-12-17(5)21(19,20)18(11-7-2)14-13-16(3)4/h15H,6-14H2,1-5H3. The molecule has 0 unspecified atom stereocenters. The van der Waals surface area contributed by atoms with E-state index in [-0.39, 0.29) is 0 Å². The van der Waals surface area contributed by atoms with Gasteiger partial charge in [0, 0.05) is 33.2 Å². The van der Waals surface area contributed by atoms with E-state index in [2.05, 4.69) is 12.2 Å². The molecular weight excluding hydrogens is 288 g/mol. The highest BCUT2D eigenvalue weighted by atomic mass is 32.2. The Balaban J connectivity index is 4.41. The molecule has 0 amide bonds. The zero-order chi connectivity index (χ0) is 16.3. The predicted octanol–water partition coefficient (Wildman–Crippen LogP) is 0.826. The number of hydrogen-bond acceptors (Lipinski definition) is 4. The Morgan fingerprint density at radius 1 is 0.857 bits per heavy atom. The third-order valence-corrected chi connectivity index (χ3v) is 5.23. The highest BCUT2D eigenvalue weighted by Crippen LogP contribution is 2.08. The minimum atomic E-state index is -3.34. The number of likely N-dealkylation sites (N-methyl/N-ethyl adjacent to an activating group) is 1. The van der Waals surface area contributed by atoms with Crippen LogP contribution in [-0.2, 0) is 10.2 Å². The van der Waals surface area contributed by atoms with Crippen molar-refractivity contribution in [3.05, 3.63) is 0 Å². The first-order valence-electron chi connectivity index (χ1n) is 7.93. The van der Waals surface area contributed by atoms with Crippen LogP contribution in [0, 0.1) is 0 Å². The van der Waals surface area contributed by atoms with Crippen LogP contribution < -0.4 is 5.32 Å². The lowest BCUT2D eigenvalue weighted by molar-refractivity contribution is 0.311. The quantitative estimate of drug-likeness (QED) is 0.510. The van der Waals surface area contributed by atoms with Crippen LogP contribution in [-0.4, -0.2) is 82.3 Å². The summed E-state index contributed by atoms with van der Waals surface area (Å²) in [5.41, 5.74) is 0. The third-order valence-electron chi connectivity index (χ3n) is 3.24. The van der Waals surface area contributed by atoms with Crippen LogP contribution in [0.25, 0.3) is 0 Å². The molecule has 7 heteroatoms. The first-order valence-corrected chi connectivity index (χ1v) is 9.32. The zero-order valence-corrected chi connectivity index (χ0v) is 15.2. The maximum atomic E-state index is 12.6. The van der Waals surface area contributed by atoms with Gasteiger partial charge >= 0.3 is 0 Å². The molecule has 0 fully saturated rings. The van der Waals surface area contributed by atoms with Gasteiger partial charge in [0.2, 0.25) is 0 Å². The summed E-state index contributed by atoms with van der Waals surface area (Å²) >= 11 is 0. The third kappa shape index (κ3) is 8.73. The van der Waals surface area contributed by atoms with E-state index >= 15 is 0 Å². The van der Waals surface area contributed by atoms with Crippen LogP contribution in [0.3, 0.4) is 0 Å². The van der Waals surface area contributed by atoms with Crippen LogP contribution >= 0.6 is 0 Å². The fraction of sp³-hybridized carbons (Fsp3) is 1.00. The van der Waals surface area contributed by atoms with Gasteiger partial charge in [0.1, 0.15) is 0 Å². The van der Waals surface area contributed by atoms with Crippen molar-refractivity contribution < 1.29 is 8.42 Å². The second-order valence-electron chi connectivity index (χ2n) is 5.64. The molecule has 0 aromatic heterocycles. The molecule has 1 N–H and O–H groups in total. The van der Waals surface area contributed by atoms with Gasteiger partial charge in [-0.2, -0.15) is 17.0 Å². The van der Waals surface area contributed by atoms with E-state index in [0.29, 0.717) is 19.6 Å². The van der Waals surface area contributed by atoms with Crippen LogP contribution in [0.15, 0.2) is 0 Å². The summed E-state index contributed by atoms with van der Waals surface area (Å²) in [6.07, 6.45) is 2.77. The van der Waals surface area contributed by atoms with Crippen LogP contribution in [0.4, 0.5) is 0 Å². The van der Waals surface area contributed by atoms with Gasteiger partial charge in [-0.3, -0.25) is 0 Å². The normalized spacial score (nSPS) is 12.8. The van der Waals surface area contributed by atoms with Crippen molar-refractivity contribution in [3.63, 3.8) is 0 Å². The number of hydrogen-bond donors (Lipinski definition) is 1. The second kappa shape index (κ2) is 11.4. The van der Waals surface area contributed by atoms with E-state index in [0.717, 1.165) is 38.9 Å². The molecule has 0 saturated heterocycles. The molecule has 0 aromatic carbocycles. The van der Waals surface area contributed by atoms with Crippen LogP contribution in [0.5, 0.6) is 0 Å². The predicted molar refractivity (Wildman–Crippen MR) is 89.7 cm³/mol. The van der Waals surface area contributed by atoms with Crippen LogP contribution in [0.2, 0.25) is 0 Å². The first-order chi connectivity index (χ1) is 9.86. The summed E-state index contributed by atoms with van der Waals surface area (Å²) in [7, 11) is 2.25. The van der Waals surface area contributed by atoms with Crippen molar-refractivity contribution in [2.75, 3.05) is 60.4 Å². The maximum absolute atomic E-state index is 12.6. The van der Waals surface area contributed by atoms with Crippen molar-refractivity contribution >= 4 is 10.2 Å². The van der Waals surface area contributed by atoms with E-state index < -0.39 is 10.2 Å². The molecule has 0 radical (unpaired) electrons. The van der Waals surface area contributed by atoms with Gasteiger partial charge in [-0.1, -0.05) is 13.8 Å². The molecular formula is C14H34N4O2S. The van der Waals surface area contributed by atoms with E-state index in [1.165, 1.54) is 4.31 Å². The summed E-state index contributed by atoms with van der Waals surface area (Å²) < 4.78 is 28.2. The highest BCUT2D eigenvalue weighted by molar-refractivity contribution is 7.86. The highest BCUT2D eigenvalue weighted by Gasteiger charge is 2.25. The molecule has 128 valence electrons. The van der Waals surface area contributed by atoms with E-state index in [1.54, 1.807) is 11.4 Å². The van der Waals surface area contributed by atoms with E-state index in [1.807, 2.05) is 25.9 Å². The summed E-state index contributed by atoms with van der Waals surface area (Å²) in [6.45, 7) is 8.40. The molecule has 0 aliphatic rings.